The summed E-state index contributed by atoms with van der Waals surface area (Å²) < 4.78 is 28.5. The minimum absolute atomic E-state index is 0.111. The van der Waals surface area contributed by atoms with Gasteiger partial charge in [-0.05, 0) is 86.6 Å². The molecule has 58 heavy (non-hydrogen) atoms. The van der Waals surface area contributed by atoms with Crippen molar-refractivity contribution in [2.75, 3.05) is 39.6 Å². The van der Waals surface area contributed by atoms with E-state index >= 15 is 0 Å². The van der Waals surface area contributed by atoms with Crippen LogP contribution in [-0.2, 0) is 22.6 Å². The molecule has 0 saturated carbocycles. The van der Waals surface area contributed by atoms with Crippen LogP contribution in [0.15, 0.2) is 85.5 Å². The van der Waals surface area contributed by atoms with Crippen LogP contribution in [0.3, 0.4) is 0 Å². The molecule has 0 atom stereocenters. The first-order valence-electron chi connectivity index (χ1n) is 17.6. The third-order valence-electron chi connectivity index (χ3n) is 7.34. The average Bonchev–Trinajstić information content (AvgIpc) is 3.85. The number of benzene rings is 3. The highest BCUT2D eigenvalue weighted by atomic mass is 16.5. The molecule has 0 unspecified atom stereocenters. The Balaban J connectivity index is 0.000000245. The second kappa shape index (κ2) is 23.8. The van der Waals surface area contributed by atoms with E-state index in [0.717, 1.165) is 12.3 Å². The second-order valence-electron chi connectivity index (χ2n) is 11.3. The number of esters is 2. The van der Waals surface area contributed by atoms with E-state index in [2.05, 4.69) is 15.7 Å². The third-order valence-corrected chi connectivity index (χ3v) is 7.34. The van der Waals surface area contributed by atoms with E-state index in [1.54, 1.807) is 86.6 Å². The lowest BCUT2D eigenvalue weighted by molar-refractivity contribution is -0.370. The summed E-state index contributed by atoms with van der Waals surface area (Å²) in [6, 6.07) is 26.3. The SMILES string of the molecule is CCOC(=O)c1ncn(CCOc2ccc(C#N)cc2)c1C(=O)[O-].CCOC(=O)c1ncn(CCOc2ccc(C#N)cc2)c1O.N#Cc1ccc(OCC[NH3+])cc1. The lowest BCUT2D eigenvalue weighted by atomic mass is 10.2. The van der Waals surface area contributed by atoms with Crippen LogP contribution in [-0.4, -0.2) is 81.7 Å². The molecule has 0 saturated heterocycles. The van der Waals surface area contributed by atoms with E-state index in [9.17, 15) is 24.6 Å². The zero-order chi connectivity index (χ0) is 42.3. The standard InChI is InChI=1S/C16H15N3O5.C15H15N3O4.C9H10N2O/c1-2-23-16(22)13-14(15(20)21)19(10-18-13)7-8-24-12-5-3-11(9-17)4-6-12;1-2-21-15(20)13-14(19)18(10-17-13)7-8-22-12-5-3-11(9-16)4-6-12;10-5-6-12-9-3-1-8(7-11)2-4-9/h3-6,10H,2,7-8H2,1H3,(H,20,21);3-6,10,19H,2,7-8H2,1H3;1-4H,5-6,10H2. The molecule has 0 radical (unpaired) electrons. The fourth-order valence-electron chi connectivity index (χ4n) is 4.59. The van der Waals surface area contributed by atoms with Crippen LogP contribution >= 0.6 is 0 Å². The molecule has 0 aliphatic heterocycles. The van der Waals surface area contributed by atoms with E-state index in [-0.39, 0.29) is 55.9 Å². The molecule has 2 aromatic heterocycles. The zero-order valence-corrected chi connectivity index (χ0v) is 31.7. The molecule has 3 aromatic carbocycles. The molecule has 300 valence electrons. The Morgan fingerprint density at radius 3 is 1.43 bits per heavy atom. The summed E-state index contributed by atoms with van der Waals surface area (Å²) in [6.07, 6.45) is 2.57. The van der Waals surface area contributed by atoms with Crippen molar-refractivity contribution in [2.24, 2.45) is 0 Å². The molecule has 5 aromatic rings. The molecule has 0 spiro atoms. The molecule has 18 heteroatoms. The Hall–Kier alpha value is -7.88. The van der Waals surface area contributed by atoms with Crippen molar-refractivity contribution >= 4 is 17.9 Å². The van der Waals surface area contributed by atoms with Crippen molar-refractivity contribution in [1.82, 2.24) is 19.1 Å². The number of aromatic nitrogens is 4. The van der Waals surface area contributed by atoms with Gasteiger partial charge in [-0.2, -0.15) is 15.8 Å². The maximum atomic E-state index is 11.7. The van der Waals surface area contributed by atoms with Gasteiger partial charge in [-0.3, -0.25) is 4.57 Å². The maximum Gasteiger partial charge on any atom is 0.362 e. The topological polar surface area (TPSA) is 275 Å². The van der Waals surface area contributed by atoms with Gasteiger partial charge < -0.3 is 49.0 Å². The largest absolute Gasteiger partial charge is 0.543 e. The first-order chi connectivity index (χ1) is 28.1. The van der Waals surface area contributed by atoms with Crippen LogP contribution in [0.2, 0.25) is 0 Å². The molecule has 5 rings (SSSR count). The molecular weight excluding hydrogens is 752 g/mol. The van der Waals surface area contributed by atoms with Crippen molar-refractivity contribution in [1.29, 1.82) is 15.8 Å². The summed E-state index contributed by atoms with van der Waals surface area (Å²) in [5.41, 5.74) is 4.61. The number of imidazole rings is 2. The Labute approximate surface area is 333 Å². The minimum atomic E-state index is -1.52. The number of nitriles is 3. The number of carboxylic acids is 1. The molecule has 18 nitrogen and oxygen atoms in total. The van der Waals surface area contributed by atoms with E-state index in [0.29, 0.717) is 41.3 Å². The number of hydrogen-bond acceptors (Lipinski definition) is 15. The first-order valence-corrected chi connectivity index (χ1v) is 17.6. The van der Waals surface area contributed by atoms with Gasteiger partial charge >= 0.3 is 11.9 Å². The van der Waals surface area contributed by atoms with Crippen molar-refractivity contribution in [3.05, 3.63) is 119 Å². The molecule has 0 fully saturated rings. The maximum absolute atomic E-state index is 11.7. The number of aromatic carboxylic acids is 1. The van der Waals surface area contributed by atoms with Gasteiger partial charge in [-0.15, -0.1) is 0 Å². The summed E-state index contributed by atoms with van der Waals surface area (Å²) in [5, 5.41) is 47.1. The quantitative estimate of drug-likeness (QED) is 0.136. The van der Waals surface area contributed by atoms with Gasteiger partial charge in [0.1, 0.15) is 43.6 Å². The number of ether oxygens (including phenoxy) is 5. The van der Waals surface area contributed by atoms with Crippen LogP contribution in [0.25, 0.3) is 0 Å². The fraction of sp³-hybridized carbons (Fsp3) is 0.250. The fourth-order valence-corrected chi connectivity index (χ4v) is 4.59. The smallest absolute Gasteiger partial charge is 0.362 e. The lowest BCUT2D eigenvalue weighted by Gasteiger charge is -2.11. The summed E-state index contributed by atoms with van der Waals surface area (Å²) in [7, 11) is 0. The predicted molar refractivity (Wildman–Crippen MR) is 200 cm³/mol. The van der Waals surface area contributed by atoms with E-state index in [4.69, 9.17) is 39.5 Å². The second-order valence-corrected chi connectivity index (χ2v) is 11.3. The van der Waals surface area contributed by atoms with Gasteiger partial charge in [0.15, 0.2) is 5.69 Å². The van der Waals surface area contributed by atoms with Gasteiger partial charge in [0, 0.05) is 0 Å². The molecular formula is C40H40N8O10. The normalized spacial score (nSPS) is 9.79. The van der Waals surface area contributed by atoms with Gasteiger partial charge in [0.05, 0.1) is 85.5 Å². The van der Waals surface area contributed by atoms with Crippen molar-refractivity contribution < 1.29 is 54.0 Å². The molecule has 0 aliphatic carbocycles. The van der Waals surface area contributed by atoms with E-state index in [1.807, 2.05) is 18.2 Å². The summed E-state index contributed by atoms with van der Waals surface area (Å²) in [5.74, 6) is -1.30. The zero-order valence-electron chi connectivity index (χ0n) is 31.7. The number of nitrogens with zero attached hydrogens (tertiary/aromatic N) is 7. The predicted octanol–water partition coefficient (Wildman–Crippen LogP) is 2.27. The van der Waals surface area contributed by atoms with Crippen LogP contribution < -0.4 is 25.1 Å². The Morgan fingerprint density at radius 2 is 1.03 bits per heavy atom. The summed E-state index contributed by atoms with van der Waals surface area (Å²) in [6.45, 7) is 5.87. The number of quaternary nitrogens is 1. The van der Waals surface area contributed by atoms with Crippen LogP contribution in [0.4, 0.5) is 0 Å². The van der Waals surface area contributed by atoms with Crippen molar-refractivity contribution in [3.8, 4) is 41.3 Å². The number of hydrogen-bond donors (Lipinski definition) is 2. The van der Waals surface area contributed by atoms with Crippen molar-refractivity contribution in [2.45, 2.75) is 26.9 Å². The van der Waals surface area contributed by atoms with Gasteiger partial charge in [0.2, 0.25) is 11.6 Å². The highest BCUT2D eigenvalue weighted by Gasteiger charge is 2.20. The monoisotopic (exact) mass is 792 g/mol. The van der Waals surface area contributed by atoms with Crippen molar-refractivity contribution in [3.63, 3.8) is 0 Å². The third kappa shape index (κ3) is 13.8. The number of carbonyl (C=O) groups is 3. The number of rotatable bonds is 16. The molecule has 2 heterocycles. The number of carbonyl (C=O) groups excluding carboxylic acids is 3. The minimum Gasteiger partial charge on any atom is -0.543 e. The van der Waals surface area contributed by atoms with Gasteiger partial charge in [-0.25, -0.2) is 19.6 Å². The van der Waals surface area contributed by atoms with Crippen LogP contribution in [0.1, 0.15) is 62.0 Å². The number of carboxylic acid groups (broad SMARTS) is 1. The molecule has 0 amide bonds. The Bertz CT molecular complexity index is 2210. The highest BCUT2D eigenvalue weighted by Crippen LogP contribution is 2.18. The Kier molecular flexibility index (Phi) is 18.3. The molecule has 4 N–H and O–H groups in total. The molecule has 0 bridgehead atoms. The lowest BCUT2D eigenvalue weighted by Crippen LogP contribution is -2.52. The average molecular weight is 793 g/mol. The van der Waals surface area contributed by atoms with Crippen LogP contribution in [0, 0.1) is 34.0 Å². The van der Waals surface area contributed by atoms with Gasteiger partial charge in [-0.1, -0.05) is 0 Å². The van der Waals surface area contributed by atoms with Crippen LogP contribution in [0.5, 0.6) is 23.1 Å². The number of aromatic hydroxyl groups is 1. The van der Waals surface area contributed by atoms with E-state index < -0.39 is 17.9 Å². The summed E-state index contributed by atoms with van der Waals surface area (Å²) >= 11 is 0. The van der Waals surface area contributed by atoms with Gasteiger partial charge in [0.25, 0.3) is 0 Å². The first kappa shape index (κ1) is 44.5. The Morgan fingerprint density at radius 1 is 0.655 bits per heavy atom. The molecule has 0 aliphatic rings. The van der Waals surface area contributed by atoms with E-state index in [1.165, 1.54) is 21.8 Å². The summed E-state index contributed by atoms with van der Waals surface area (Å²) in [4.78, 5) is 42.1. The highest BCUT2D eigenvalue weighted by molar-refractivity contribution is 5.99.